The molecule has 9 nitrogen and oxygen atoms in total. The van der Waals surface area contributed by atoms with Crippen molar-refractivity contribution in [2.24, 2.45) is 12.2 Å². The Morgan fingerprint density at radius 1 is 1.57 bits per heavy atom. The quantitative estimate of drug-likeness (QED) is 0.652. The molecule has 3 rings (SSSR count). The Balaban J connectivity index is 1.94. The average molecular weight is 317 g/mol. The lowest BCUT2D eigenvalue weighted by molar-refractivity contribution is 0.0992. The molecule has 0 spiro atoms. The Morgan fingerprint density at radius 3 is 3.09 bits per heavy atom. The number of amides is 1. The molecule has 1 aromatic heterocycles. The average Bonchev–Trinajstić information content (AvgIpc) is 2.97. The zero-order valence-corrected chi connectivity index (χ0v) is 12.1. The third-order valence-corrected chi connectivity index (χ3v) is 3.17. The van der Waals surface area contributed by atoms with Gasteiger partial charge in [-0.25, -0.2) is 0 Å². The van der Waals surface area contributed by atoms with Gasteiger partial charge >= 0.3 is 13.0 Å². The Hall–Kier alpha value is -2.88. The van der Waals surface area contributed by atoms with Crippen LogP contribution in [-0.2, 0) is 13.7 Å². The molecule has 1 aliphatic rings. The van der Waals surface area contributed by atoms with Gasteiger partial charge in [0.2, 0.25) is 0 Å². The van der Waals surface area contributed by atoms with E-state index < -0.39 is 13.0 Å². The minimum absolute atomic E-state index is 0.0583. The van der Waals surface area contributed by atoms with Gasteiger partial charge in [0.15, 0.2) is 11.5 Å². The fourth-order valence-electron chi connectivity index (χ4n) is 2.18. The highest BCUT2D eigenvalue weighted by molar-refractivity contribution is 6.44. The minimum atomic E-state index is -1.24. The van der Waals surface area contributed by atoms with Crippen LogP contribution in [-0.4, -0.2) is 34.3 Å². The molecule has 1 aliphatic heterocycles. The van der Waals surface area contributed by atoms with Crippen LogP contribution >= 0.6 is 0 Å². The zero-order chi connectivity index (χ0) is 16.4. The maximum atomic E-state index is 11.8. The molecule has 1 aromatic carbocycles. The Bertz CT molecular complexity index is 762. The van der Waals surface area contributed by atoms with Crippen LogP contribution in [0.2, 0.25) is 0 Å². The maximum absolute atomic E-state index is 11.8. The molecule has 0 fully saturated rings. The van der Waals surface area contributed by atoms with Crippen molar-refractivity contribution in [3.05, 3.63) is 40.6 Å². The van der Waals surface area contributed by atoms with Gasteiger partial charge < -0.3 is 19.2 Å². The van der Waals surface area contributed by atoms with Gasteiger partial charge in [0.05, 0.1) is 6.20 Å². The molecule has 0 saturated heterocycles. The van der Waals surface area contributed by atoms with Crippen LogP contribution in [0.1, 0.15) is 15.9 Å². The lowest BCUT2D eigenvalue weighted by Crippen LogP contribution is -2.34. The topological polar surface area (TPSA) is 112 Å². The summed E-state index contributed by atoms with van der Waals surface area (Å²) in [5.41, 5.74) is 0.597. The lowest BCUT2D eigenvalue weighted by atomic mass is 9.91. The summed E-state index contributed by atoms with van der Waals surface area (Å²) in [6, 6.07) is 3.01. The molecule has 118 valence electrons. The van der Waals surface area contributed by atoms with Gasteiger partial charge in [0.25, 0.3) is 0 Å². The van der Waals surface area contributed by atoms with Crippen molar-refractivity contribution < 1.29 is 23.9 Å². The van der Waals surface area contributed by atoms with Gasteiger partial charge in [-0.3, -0.25) is 9.48 Å². The highest BCUT2D eigenvalue weighted by Gasteiger charge is 2.32. The van der Waals surface area contributed by atoms with Gasteiger partial charge in [-0.15, -0.1) is 4.91 Å². The highest BCUT2D eigenvalue weighted by Crippen LogP contribution is 2.40. The van der Waals surface area contributed by atoms with E-state index >= 15 is 0 Å². The number of hydrogen-bond donors (Lipinski definition) is 1. The summed E-state index contributed by atoms with van der Waals surface area (Å²) >= 11 is 0. The van der Waals surface area contributed by atoms with Crippen LogP contribution in [0, 0.1) is 4.91 Å². The molecule has 10 heteroatoms. The van der Waals surface area contributed by atoms with Crippen LogP contribution in [0.5, 0.6) is 17.2 Å². The van der Waals surface area contributed by atoms with Crippen molar-refractivity contribution in [2.75, 3.05) is 6.51 Å². The van der Waals surface area contributed by atoms with Crippen molar-refractivity contribution in [3.8, 4) is 17.2 Å². The van der Waals surface area contributed by atoms with Crippen LogP contribution in [0.4, 0.5) is 0 Å². The fraction of sp³-hybridized carbons (Fsp3) is 0.231. The predicted molar refractivity (Wildman–Crippen MR) is 78.2 cm³/mol. The molecule has 0 bridgehead atoms. The van der Waals surface area contributed by atoms with Crippen LogP contribution < -0.4 is 14.1 Å². The first kappa shape index (κ1) is 15.0. The van der Waals surface area contributed by atoms with Gasteiger partial charge in [-0.2, -0.15) is 5.10 Å². The fourth-order valence-corrected chi connectivity index (χ4v) is 2.18. The zero-order valence-electron chi connectivity index (χ0n) is 12.1. The molecule has 0 radical (unpaired) electrons. The standard InChI is InChI=1S/C13H12BN3O6/c1-17-5-8(4-15-17)6-21-9-2-3-10-12(11(9)13(18)16-20)23-14(19)7-22-10/h2-5,19H,6-7H2,1H3. The molecule has 23 heavy (non-hydrogen) atoms. The molecule has 0 aliphatic carbocycles. The molecule has 0 saturated carbocycles. The molecular weight excluding hydrogens is 305 g/mol. The van der Waals surface area contributed by atoms with Crippen molar-refractivity contribution >= 4 is 13.0 Å². The third-order valence-electron chi connectivity index (χ3n) is 3.17. The van der Waals surface area contributed by atoms with E-state index in [2.05, 4.69) is 10.3 Å². The van der Waals surface area contributed by atoms with E-state index in [-0.39, 0.29) is 35.9 Å². The first-order valence-electron chi connectivity index (χ1n) is 6.71. The van der Waals surface area contributed by atoms with Crippen molar-refractivity contribution in [3.63, 3.8) is 0 Å². The van der Waals surface area contributed by atoms with Crippen LogP contribution in [0.3, 0.4) is 0 Å². The van der Waals surface area contributed by atoms with Gasteiger partial charge in [0.1, 0.15) is 24.4 Å². The van der Waals surface area contributed by atoms with E-state index in [1.807, 2.05) is 0 Å². The first-order chi connectivity index (χ1) is 11.1. The number of nitroso groups, excluding NO2 is 1. The van der Waals surface area contributed by atoms with E-state index in [0.29, 0.717) is 0 Å². The summed E-state index contributed by atoms with van der Waals surface area (Å²) in [5.74, 6) is -0.788. The molecule has 1 amide bonds. The number of ether oxygens (including phenoxy) is 2. The van der Waals surface area contributed by atoms with Gasteiger partial charge in [-0.1, -0.05) is 0 Å². The van der Waals surface area contributed by atoms with E-state index in [1.54, 1.807) is 24.1 Å². The van der Waals surface area contributed by atoms with E-state index in [9.17, 15) is 14.7 Å². The number of rotatable bonds is 4. The number of benzene rings is 1. The van der Waals surface area contributed by atoms with E-state index in [1.165, 1.54) is 12.1 Å². The van der Waals surface area contributed by atoms with Crippen molar-refractivity contribution in [1.29, 1.82) is 0 Å². The predicted octanol–water partition coefficient (Wildman–Crippen LogP) is 0.697. The van der Waals surface area contributed by atoms with E-state index in [0.717, 1.165) is 5.56 Å². The number of fused-ring (bicyclic) bond motifs is 1. The molecular formula is C13H12BN3O6. The Labute approximate surface area is 130 Å². The summed E-state index contributed by atoms with van der Waals surface area (Å²) in [7, 11) is 0.523. The third kappa shape index (κ3) is 3.02. The Kier molecular flexibility index (Phi) is 3.98. The molecule has 2 aromatic rings. The molecule has 2 heterocycles. The summed E-state index contributed by atoms with van der Waals surface area (Å²) in [6.07, 6.45) is 3.36. The highest BCUT2D eigenvalue weighted by atomic mass is 16.6. The van der Waals surface area contributed by atoms with Crippen LogP contribution in [0.25, 0.3) is 0 Å². The molecule has 0 atom stereocenters. The second-order valence-electron chi connectivity index (χ2n) is 4.86. The lowest BCUT2D eigenvalue weighted by Gasteiger charge is -2.23. The number of aromatic nitrogens is 2. The summed E-state index contributed by atoms with van der Waals surface area (Å²) in [4.78, 5) is 22.5. The van der Waals surface area contributed by atoms with Gasteiger partial charge in [0, 0.05) is 24.0 Å². The summed E-state index contributed by atoms with van der Waals surface area (Å²) in [6.45, 7) is 0.0558. The number of aryl methyl sites for hydroxylation is 1. The molecule has 0 unspecified atom stereocenters. The Morgan fingerprint density at radius 2 is 2.39 bits per heavy atom. The van der Waals surface area contributed by atoms with E-state index in [4.69, 9.17) is 14.1 Å². The number of carbonyl (C=O) groups excluding carboxylic acids is 1. The second-order valence-corrected chi connectivity index (χ2v) is 4.86. The van der Waals surface area contributed by atoms with Crippen molar-refractivity contribution in [1.82, 2.24) is 9.78 Å². The smallest absolute Gasteiger partial charge is 0.531 e. The molecule has 1 N–H and O–H groups in total. The number of hydrogen-bond acceptors (Lipinski definition) is 7. The van der Waals surface area contributed by atoms with Crippen LogP contribution in [0.15, 0.2) is 29.7 Å². The number of nitrogens with zero attached hydrogens (tertiary/aromatic N) is 3. The van der Waals surface area contributed by atoms with Crippen molar-refractivity contribution in [2.45, 2.75) is 6.61 Å². The second kappa shape index (κ2) is 6.09. The van der Waals surface area contributed by atoms with Gasteiger partial charge in [-0.05, 0) is 12.1 Å². The monoisotopic (exact) mass is 317 g/mol. The number of carbonyl (C=O) groups is 1. The largest absolute Gasteiger partial charge is 0.563 e. The summed E-state index contributed by atoms with van der Waals surface area (Å²) in [5, 5.41) is 15.9. The minimum Gasteiger partial charge on any atom is -0.531 e. The maximum Gasteiger partial charge on any atom is 0.563 e. The first-order valence-corrected chi connectivity index (χ1v) is 6.71. The normalized spacial score (nSPS) is 12.9. The summed E-state index contributed by atoms with van der Waals surface area (Å²) < 4.78 is 17.6. The SMILES string of the molecule is Cn1cc(COc2ccc3c(c2C(=O)N=O)OB(O)CO3)cn1.